The number of fused-ring (bicyclic) bond motifs is 1. The number of allylic oxidation sites excluding steroid dienone is 1. The minimum absolute atomic E-state index is 0.153. The molecule has 1 fully saturated rings. The Kier molecular flexibility index (Phi) is 7.47. The number of hydrogen-bond acceptors (Lipinski definition) is 3. The Morgan fingerprint density at radius 3 is 2.58 bits per heavy atom. The van der Waals surface area contributed by atoms with Gasteiger partial charge in [0.05, 0.1) is 27.7 Å². The van der Waals surface area contributed by atoms with Crippen LogP contribution < -0.4 is 0 Å². The van der Waals surface area contributed by atoms with Crippen molar-refractivity contribution in [3.63, 3.8) is 0 Å². The van der Waals surface area contributed by atoms with Crippen molar-refractivity contribution in [1.82, 2.24) is 14.5 Å². The van der Waals surface area contributed by atoms with Gasteiger partial charge in [0.15, 0.2) is 0 Å². The van der Waals surface area contributed by atoms with Crippen LogP contribution in [0.4, 0.5) is 8.78 Å². The Morgan fingerprint density at radius 2 is 1.97 bits per heavy atom. The van der Waals surface area contributed by atoms with Crippen LogP contribution in [0, 0.1) is 12.8 Å². The highest BCUT2D eigenvalue weighted by molar-refractivity contribution is 6.38. The molecule has 1 amide bonds. The molecule has 36 heavy (non-hydrogen) atoms. The number of rotatable bonds is 6. The first kappa shape index (κ1) is 26.6. The summed E-state index contributed by atoms with van der Waals surface area (Å²) in [5.74, 6) is -2.58. The van der Waals surface area contributed by atoms with Gasteiger partial charge in [-0.2, -0.15) is 8.78 Å². The highest BCUT2D eigenvalue weighted by Gasteiger charge is 2.30. The smallest absolute Gasteiger partial charge is 0.291 e. The summed E-state index contributed by atoms with van der Waals surface area (Å²) in [4.78, 5) is 19.7. The third-order valence-electron chi connectivity index (χ3n) is 7.17. The van der Waals surface area contributed by atoms with Gasteiger partial charge in [-0.3, -0.25) is 4.79 Å². The number of alkyl halides is 2. The second-order valence-corrected chi connectivity index (χ2v) is 10.3. The van der Waals surface area contributed by atoms with Crippen molar-refractivity contribution in [2.45, 2.75) is 45.1 Å². The first-order valence-corrected chi connectivity index (χ1v) is 12.6. The fraction of sp³-hybridized carbons (Fsp3) is 0.407. The second-order valence-electron chi connectivity index (χ2n) is 9.51. The fourth-order valence-electron chi connectivity index (χ4n) is 4.81. The molecule has 0 aliphatic carbocycles. The summed E-state index contributed by atoms with van der Waals surface area (Å²) in [7, 11) is 1.75. The standard InChI is InChI=1S/C27H29Cl2F2N3O2/c1-5-27(30,31)18-12-15(2)25-22(13-18)33(4)23(32-25)14-20-21(28)7-6-19(24(20)29)26(36)34-10-8-17(9-11-34)16(3)35/h5-7,12-13,16-17,35H,1,8-11,14H2,2-4H3. The van der Waals surface area contributed by atoms with Crippen molar-refractivity contribution in [3.05, 3.63) is 75.0 Å². The van der Waals surface area contributed by atoms with Gasteiger partial charge in [0.2, 0.25) is 0 Å². The van der Waals surface area contributed by atoms with Crippen molar-refractivity contribution in [2.24, 2.45) is 13.0 Å². The topological polar surface area (TPSA) is 58.4 Å². The molecule has 3 aromatic rings. The lowest BCUT2D eigenvalue weighted by Crippen LogP contribution is -2.40. The van der Waals surface area contributed by atoms with Gasteiger partial charge in [0.1, 0.15) is 5.82 Å². The number of piperidine rings is 1. The van der Waals surface area contributed by atoms with E-state index < -0.39 is 12.0 Å². The maximum Gasteiger partial charge on any atom is 0.291 e. The van der Waals surface area contributed by atoms with Crippen LogP contribution in [0.3, 0.4) is 0 Å². The largest absolute Gasteiger partial charge is 0.393 e. The molecule has 0 saturated carbocycles. The van der Waals surface area contributed by atoms with E-state index in [4.69, 9.17) is 23.2 Å². The Hall–Kier alpha value is -2.48. The lowest BCUT2D eigenvalue weighted by Gasteiger charge is -2.33. The molecule has 2 heterocycles. The van der Waals surface area contributed by atoms with Gasteiger partial charge < -0.3 is 14.6 Å². The summed E-state index contributed by atoms with van der Waals surface area (Å²) >= 11 is 13.2. The lowest BCUT2D eigenvalue weighted by atomic mass is 9.92. The number of imidazole rings is 1. The third kappa shape index (κ3) is 4.89. The third-order valence-corrected chi connectivity index (χ3v) is 7.96. The van der Waals surface area contributed by atoms with E-state index in [9.17, 15) is 18.7 Å². The van der Waals surface area contributed by atoms with Crippen molar-refractivity contribution in [3.8, 4) is 0 Å². The number of carbonyl (C=O) groups excluding carboxylic acids is 1. The van der Waals surface area contributed by atoms with Crippen LogP contribution in [0.5, 0.6) is 0 Å². The number of aliphatic hydroxyl groups excluding tert-OH is 1. The number of benzene rings is 2. The van der Waals surface area contributed by atoms with Gasteiger partial charge >= 0.3 is 0 Å². The van der Waals surface area contributed by atoms with E-state index >= 15 is 0 Å². The van der Waals surface area contributed by atoms with E-state index in [0.29, 0.717) is 57.7 Å². The van der Waals surface area contributed by atoms with E-state index in [-0.39, 0.29) is 28.8 Å². The molecule has 1 aliphatic rings. The molecule has 0 bridgehead atoms. The summed E-state index contributed by atoms with van der Waals surface area (Å²) in [6.45, 7) is 7.85. The van der Waals surface area contributed by atoms with E-state index in [1.807, 2.05) is 0 Å². The summed E-state index contributed by atoms with van der Waals surface area (Å²) < 4.78 is 30.3. The number of carbonyl (C=O) groups is 1. The Balaban J connectivity index is 1.66. The molecule has 1 unspecified atom stereocenters. The molecule has 1 saturated heterocycles. The van der Waals surface area contributed by atoms with Crippen LogP contribution in [0.1, 0.15) is 52.6 Å². The molecule has 0 radical (unpaired) electrons. The van der Waals surface area contributed by atoms with E-state index in [1.165, 1.54) is 12.1 Å². The molecule has 1 aromatic heterocycles. The van der Waals surface area contributed by atoms with Crippen LogP contribution in [0.15, 0.2) is 36.9 Å². The maximum absolute atomic E-state index is 14.3. The molecule has 1 atom stereocenters. The van der Waals surface area contributed by atoms with Gasteiger partial charge in [0, 0.05) is 37.1 Å². The first-order valence-electron chi connectivity index (χ1n) is 11.9. The summed E-state index contributed by atoms with van der Waals surface area (Å²) in [5.41, 5.74) is 2.54. The van der Waals surface area contributed by atoms with Crippen molar-refractivity contribution < 1.29 is 18.7 Å². The quantitative estimate of drug-likeness (QED) is 0.377. The zero-order chi connectivity index (χ0) is 26.4. The minimum atomic E-state index is -3.16. The molecule has 192 valence electrons. The number of nitrogens with zero attached hydrogens (tertiary/aromatic N) is 3. The van der Waals surface area contributed by atoms with E-state index in [2.05, 4.69) is 11.6 Å². The van der Waals surface area contributed by atoms with Crippen molar-refractivity contribution in [2.75, 3.05) is 13.1 Å². The number of aryl methyl sites for hydroxylation is 2. The Morgan fingerprint density at radius 1 is 1.31 bits per heavy atom. The average molecular weight is 536 g/mol. The second kappa shape index (κ2) is 10.1. The maximum atomic E-state index is 14.3. The van der Waals surface area contributed by atoms with Gasteiger partial charge in [-0.05, 0) is 74.1 Å². The highest BCUT2D eigenvalue weighted by atomic mass is 35.5. The Labute approximate surface area is 219 Å². The molecule has 1 N–H and O–H groups in total. The van der Waals surface area contributed by atoms with Crippen LogP contribution >= 0.6 is 23.2 Å². The van der Waals surface area contributed by atoms with Crippen LogP contribution in [0.2, 0.25) is 10.0 Å². The number of aliphatic hydroxyl groups is 1. The monoisotopic (exact) mass is 535 g/mol. The molecule has 9 heteroatoms. The van der Waals surface area contributed by atoms with E-state index in [1.54, 1.807) is 42.5 Å². The van der Waals surface area contributed by atoms with E-state index in [0.717, 1.165) is 12.8 Å². The molecular weight excluding hydrogens is 507 g/mol. The number of amides is 1. The van der Waals surface area contributed by atoms with Crippen molar-refractivity contribution in [1.29, 1.82) is 0 Å². The predicted octanol–water partition coefficient (Wildman–Crippen LogP) is 6.29. The SMILES string of the molecule is C=CC(F)(F)c1cc(C)c2nc(Cc3c(Cl)ccc(C(=O)N4CCC(C(C)O)CC4)c3Cl)n(C)c2c1. The number of aromatic nitrogens is 2. The zero-order valence-corrected chi connectivity index (χ0v) is 22.0. The number of halogens is 4. The fourth-order valence-corrected chi connectivity index (χ4v) is 5.40. The minimum Gasteiger partial charge on any atom is -0.393 e. The number of hydrogen-bond donors (Lipinski definition) is 1. The molecule has 2 aromatic carbocycles. The van der Waals surface area contributed by atoms with Crippen LogP contribution in [0.25, 0.3) is 11.0 Å². The predicted molar refractivity (Wildman–Crippen MR) is 139 cm³/mol. The summed E-state index contributed by atoms with van der Waals surface area (Å²) in [5, 5.41) is 10.5. The van der Waals surface area contributed by atoms with Gasteiger partial charge in [-0.15, -0.1) is 0 Å². The normalized spacial score (nSPS) is 15.9. The van der Waals surface area contributed by atoms with Gasteiger partial charge in [-0.25, -0.2) is 4.98 Å². The number of likely N-dealkylation sites (tertiary alicyclic amines) is 1. The van der Waals surface area contributed by atoms with Crippen LogP contribution in [-0.2, 0) is 19.4 Å². The summed E-state index contributed by atoms with van der Waals surface area (Å²) in [6.07, 6.45) is 1.91. The first-order chi connectivity index (χ1) is 16.9. The van der Waals surface area contributed by atoms with Gasteiger partial charge in [0.25, 0.3) is 11.8 Å². The molecule has 4 rings (SSSR count). The lowest BCUT2D eigenvalue weighted by molar-refractivity contribution is 0.0520. The zero-order valence-electron chi connectivity index (χ0n) is 20.5. The van der Waals surface area contributed by atoms with Crippen molar-refractivity contribution >= 4 is 40.1 Å². The molecule has 5 nitrogen and oxygen atoms in total. The molecular formula is C27H29Cl2F2N3O2. The van der Waals surface area contributed by atoms with Crippen LogP contribution in [-0.4, -0.2) is 44.7 Å². The molecule has 0 spiro atoms. The summed E-state index contributed by atoms with van der Waals surface area (Å²) in [6, 6.07) is 6.11. The Bertz CT molecular complexity index is 1330. The average Bonchev–Trinajstić information content (AvgIpc) is 3.17. The molecule has 1 aliphatic heterocycles. The van der Waals surface area contributed by atoms with Gasteiger partial charge in [-0.1, -0.05) is 29.8 Å². The highest BCUT2D eigenvalue weighted by Crippen LogP contribution is 2.35.